The highest BCUT2D eigenvalue weighted by atomic mass is 19.3. The number of halogens is 3. The van der Waals surface area contributed by atoms with Crippen LogP contribution in [-0.2, 0) is 24.2 Å². The van der Waals surface area contributed by atoms with E-state index in [9.17, 15) is 18.0 Å². The number of nitrogens with zero attached hydrogens (tertiary/aromatic N) is 4. The van der Waals surface area contributed by atoms with Gasteiger partial charge in [-0.15, -0.1) is 0 Å². The third-order valence-electron chi connectivity index (χ3n) is 5.64. The van der Waals surface area contributed by atoms with Crippen LogP contribution in [0.2, 0.25) is 0 Å². The number of alkyl halides is 2. The number of hydrogen-bond donors (Lipinski definition) is 0. The van der Waals surface area contributed by atoms with Crippen LogP contribution in [0.15, 0.2) is 48.5 Å². The molecule has 2 aromatic carbocycles. The molecule has 0 radical (unpaired) electrons. The number of ether oxygens (including phenoxy) is 1. The predicted molar refractivity (Wildman–Crippen MR) is 110 cm³/mol. The molecule has 164 valence electrons. The van der Waals surface area contributed by atoms with Gasteiger partial charge in [-0.05, 0) is 62.1 Å². The molecule has 0 amide bonds. The highest BCUT2D eigenvalue weighted by Crippen LogP contribution is 2.28. The highest BCUT2D eigenvalue weighted by Gasteiger charge is 2.27. The summed E-state index contributed by atoms with van der Waals surface area (Å²) in [5.74, 6) is -1.10. The van der Waals surface area contributed by atoms with E-state index in [1.165, 1.54) is 12.1 Å². The lowest BCUT2D eigenvalue weighted by Crippen LogP contribution is -2.13. The third-order valence-corrected chi connectivity index (χ3v) is 5.64. The van der Waals surface area contributed by atoms with Crippen molar-refractivity contribution in [3.63, 3.8) is 0 Å². The Labute approximate surface area is 181 Å². The van der Waals surface area contributed by atoms with Crippen LogP contribution in [0.3, 0.4) is 0 Å². The molecule has 0 bridgehead atoms. The quantitative estimate of drug-likeness (QED) is 0.410. The van der Waals surface area contributed by atoms with E-state index in [2.05, 4.69) is 10.1 Å². The van der Waals surface area contributed by atoms with E-state index < -0.39 is 19.1 Å². The summed E-state index contributed by atoms with van der Waals surface area (Å²) >= 11 is 0. The molecule has 0 unspecified atom stereocenters. The molecule has 2 aromatic heterocycles. The number of rotatable bonds is 5. The number of esters is 1. The molecular formula is C23H19F3N4O2. The van der Waals surface area contributed by atoms with E-state index in [1.54, 1.807) is 41.1 Å². The predicted octanol–water partition coefficient (Wildman–Crippen LogP) is 4.99. The van der Waals surface area contributed by atoms with E-state index >= 15 is 0 Å². The molecule has 5 rings (SSSR count). The zero-order valence-electron chi connectivity index (χ0n) is 17.0. The number of hydrogen-bond acceptors (Lipinski definition) is 4. The highest BCUT2D eigenvalue weighted by molar-refractivity contribution is 5.89. The Bertz CT molecular complexity index is 1290. The molecule has 1 aliphatic rings. The number of imidazole rings is 1. The van der Waals surface area contributed by atoms with Gasteiger partial charge in [0.05, 0.1) is 16.7 Å². The van der Waals surface area contributed by atoms with Crippen LogP contribution in [0.1, 0.15) is 47.0 Å². The van der Waals surface area contributed by atoms with Crippen molar-refractivity contribution < 1.29 is 22.7 Å². The van der Waals surface area contributed by atoms with Gasteiger partial charge in [-0.1, -0.05) is 12.1 Å². The van der Waals surface area contributed by atoms with Gasteiger partial charge in [0.1, 0.15) is 12.4 Å². The van der Waals surface area contributed by atoms with Crippen LogP contribution in [0, 0.1) is 5.82 Å². The lowest BCUT2D eigenvalue weighted by atomic mass is 9.95. The van der Waals surface area contributed by atoms with Crippen LogP contribution in [0.25, 0.3) is 16.7 Å². The molecular weight excluding hydrogens is 421 g/mol. The molecule has 0 N–H and O–H groups in total. The molecule has 0 fully saturated rings. The summed E-state index contributed by atoms with van der Waals surface area (Å²) in [5.41, 5.74) is 3.14. The number of aromatic nitrogens is 4. The van der Waals surface area contributed by atoms with Gasteiger partial charge in [0, 0.05) is 11.3 Å². The second-order valence-corrected chi connectivity index (χ2v) is 7.61. The molecule has 0 saturated carbocycles. The van der Waals surface area contributed by atoms with E-state index in [4.69, 9.17) is 4.74 Å². The fourth-order valence-electron chi connectivity index (χ4n) is 4.17. The maximum absolute atomic E-state index is 13.6. The van der Waals surface area contributed by atoms with Gasteiger partial charge >= 0.3 is 12.5 Å². The van der Waals surface area contributed by atoms with Gasteiger partial charge in [-0.25, -0.2) is 18.9 Å². The summed E-state index contributed by atoms with van der Waals surface area (Å²) in [7, 11) is 0. The van der Waals surface area contributed by atoms with Gasteiger partial charge in [-0.3, -0.25) is 4.57 Å². The van der Waals surface area contributed by atoms with Crippen LogP contribution >= 0.6 is 0 Å². The standard InChI is InChI=1S/C23H19F3N4O2/c24-14-9-11-15(12-10-14)30-18-7-3-1-5-16(18)21(28-30)22(31)32-13-20-27-17-6-2-4-8-19(17)29(20)23(25)26/h2,4,6,8-12,23H,1,3,5,7,13H2. The fraction of sp³-hybridized carbons (Fsp3) is 0.261. The Hall–Kier alpha value is -3.62. The second-order valence-electron chi connectivity index (χ2n) is 7.61. The average Bonchev–Trinajstić information content (AvgIpc) is 3.37. The normalized spacial score (nSPS) is 13.5. The SMILES string of the molecule is O=C(OCc1nc2ccccc2n1C(F)F)c1nn(-c2ccc(F)cc2)c2c1CCCC2. The minimum Gasteiger partial charge on any atom is -0.453 e. The molecule has 1 aliphatic carbocycles. The zero-order chi connectivity index (χ0) is 22.2. The Balaban J connectivity index is 1.45. The largest absolute Gasteiger partial charge is 0.453 e. The average molecular weight is 440 g/mol. The molecule has 6 nitrogen and oxygen atoms in total. The molecule has 32 heavy (non-hydrogen) atoms. The number of carbonyl (C=O) groups is 1. The van der Waals surface area contributed by atoms with Crippen LogP contribution < -0.4 is 0 Å². The molecule has 0 saturated heterocycles. The summed E-state index contributed by atoms with van der Waals surface area (Å²) in [6.45, 7) is -3.22. The van der Waals surface area contributed by atoms with Crippen molar-refractivity contribution in [3.05, 3.63) is 77.1 Å². The molecule has 9 heteroatoms. The van der Waals surface area contributed by atoms with Crippen molar-refractivity contribution in [1.82, 2.24) is 19.3 Å². The van der Waals surface area contributed by atoms with E-state index in [0.29, 0.717) is 17.6 Å². The minimum absolute atomic E-state index is 0.0404. The van der Waals surface area contributed by atoms with Gasteiger partial charge in [0.15, 0.2) is 11.5 Å². The molecule has 4 aromatic rings. The molecule has 0 aliphatic heterocycles. The second kappa shape index (κ2) is 8.14. The Kier molecular flexibility index (Phi) is 5.16. The first-order chi connectivity index (χ1) is 15.5. The first kappa shape index (κ1) is 20.3. The molecule has 2 heterocycles. The van der Waals surface area contributed by atoms with Crippen molar-refractivity contribution in [1.29, 1.82) is 0 Å². The Morgan fingerprint density at radius 1 is 1.06 bits per heavy atom. The van der Waals surface area contributed by atoms with E-state index in [0.717, 1.165) is 35.1 Å². The van der Waals surface area contributed by atoms with E-state index in [-0.39, 0.29) is 22.9 Å². The number of fused-ring (bicyclic) bond motifs is 2. The van der Waals surface area contributed by atoms with Gasteiger partial charge in [0.2, 0.25) is 0 Å². The number of para-hydroxylation sites is 2. The fourth-order valence-corrected chi connectivity index (χ4v) is 4.17. The topological polar surface area (TPSA) is 61.9 Å². The van der Waals surface area contributed by atoms with Crippen molar-refractivity contribution in [2.75, 3.05) is 0 Å². The lowest BCUT2D eigenvalue weighted by molar-refractivity contribution is 0.0380. The summed E-state index contributed by atoms with van der Waals surface area (Å²) in [6, 6.07) is 12.4. The smallest absolute Gasteiger partial charge is 0.359 e. The van der Waals surface area contributed by atoms with Crippen LogP contribution in [0.4, 0.5) is 13.2 Å². The monoisotopic (exact) mass is 440 g/mol. The number of benzene rings is 2. The maximum Gasteiger partial charge on any atom is 0.359 e. The molecule has 0 spiro atoms. The maximum atomic E-state index is 13.6. The van der Waals surface area contributed by atoms with Gasteiger partial charge in [-0.2, -0.15) is 13.9 Å². The van der Waals surface area contributed by atoms with E-state index in [1.807, 2.05) is 0 Å². The van der Waals surface area contributed by atoms with Gasteiger partial charge < -0.3 is 4.74 Å². The van der Waals surface area contributed by atoms with Crippen molar-refractivity contribution in [3.8, 4) is 5.69 Å². The first-order valence-corrected chi connectivity index (χ1v) is 10.3. The summed E-state index contributed by atoms with van der Waals surface area (Å²) in [5, 5.41) is 4.45. The van der Waals surface area contributed by atoms with Crippen molar-refractivity contribution in [2.45, 2.75) is 38.8 Å². The van der Waals surface area contributed by atoms with Gasteiger partial charge in [0.25, 0.3) is 0 Å². The first-order valence-electron chi connectivity index (χ1n) is 10.3. The summed E-state index contributed by atoms with van der Waals surface area (Å²) < 4.78 is 48.4. The third kappa shape index (κ3) is 3.53. The molecule has 0 atom stereocenters. The van der Waals surface area contributed by atoms with Crippen LogP contribution in [-0.4, -0.2) is 25.3 Å². The number of carbonyl (C=O) groups excluding carboxylic acids is 1. The Morgan fingerprint density at radius 2 is 1.81 bits per heavy atom. The minimum atomic E-state index is -2.82. The Morgan fingerprint density at radius 3 is 2.59 bits per heavy atom. The summed E-state index contributed by atoms with van der Waals surface area (Å²) in [6.07, 6.45) is 3.25. The van der Waals surface area contributed by atoms with Crippen molar-refractivity contribution in [2.24, 2.45) is 0 Å². The van der Waals surface area contributed by atoms with Crippen LogP contribution in [0.5, 0.6) is 0 Å². The summed E-state index contributed by atoms with van der Waals surface area (Å²) in [4.78, 5) is 17.1. The zero-order valence-corrected chi connectivity index (χ0v) is 17.0. The lowest BCUT2D eigenvalue weighted by Gasteiger charge is -2.14. The van der Waals surface area contributed by atoms with Crippen molar-refractivity contribution >= 4 is 17.0 Å².